The number of ketones is 1. The van der Waals surface area contributed by atoms with Gasteiger partial charge in [-0.15, -0.1) is 0 Å². The number of carbonyl (C=O) groups is 1. The van der Waals surface area contributed by atoms with Crippen molar-refractivity contribution in [1.29, 1.82) is 0 Å². The monoisotopic (exact) mass is 330 g/mol. The molecule has 0 aromatic heterocycles. The van der Waals surface area contributed by atoms with Crippen LogP contribution in [0.5, 0.6) is 0 Å². The Hall–Kier alpha value is -0.370. The van der Waals surface area contributed by atoms with Crippen LogP contribution >= 0.6 is 0 Å². The molecule has 5 aliphatic rings. The van der Waals surface area contributed by atoms with Gasteiger partial charge in [0.05, 0.1) is 6.10 Å². The lowest BCUT2D eigenvalue weighted by Gasteiger charge is -2.61. The Morgan fingerprint density at radius 3 is 2.62 bits per heavy atom. The van der Waals surface area contributed by atoms with Crippen LogP contribution in [0.25, 0.3) is 0 Å². The quantitative estimate of drug-likeness (QED) is 0.696. The fourth-order valence-corrected chi connectivity index (χ4v) is 8.74. The third kappa shape index (κ3) is 1.90. The summed E-state index contributed by atoms with van der Waals surface area (Å²) < 4.78 is 0. The lowest BCUT2D eigenvalue weighted by molar-refractivity contribution is -0.158. The van der Waals surface area contributed by atoms with E-state index >= 15 is 0 Å². The molecule has 0 aliphatic heterocycles. The van der Waals surface area contributed by atoms with E-state index in [0.717, 1.165) is 49.4 Å². The Bertz CT molecular complexity index is 542. The van der Waals surface area contributed by atoms with Crippen LogP contribution in [0.1, 0.15) is 84.0 Å². The number of hydrogen-bond donors (Lipinski definition) is 1. The molecule has 1 spiro atoms. The van der Waals surface area contributed by atoms with Crippen LogP contribution in [0.4, 0.5) is 0 Å². The highest BCUT2D eigenvalue weighted by molar-refractivity contribution is 5.86. The van der Waals surface area contributed by atoms with Crippen molar-refractivity contribution >= 4 is 5.78 Å². The van der Waals surface area contributed by atoms with E-state index in [1.54, 1.807) is 0 Å². The van der Waals surface area contributed by atoms with Crippen LogP contribution < -0.4 is 0 Å². The minimum Gasteiger partial charge on any atom is -0.393 e. The Kier molecular flexibility index (Phi) is 3.51. The Morgan fingerprint density at radius 1 is 0.917 bits per heavy atom. The van der Waals surface area contributed by atoms with Crippen molar-refractivity contribution in [2.45, 2.75) is 90.1 Å². The van der Waals surface area contributed by atoms with Crippen LogP contribution in [-0.2, 0) is 4.79 Å². The van der Waals surface area contributed by atoms with Gasteiger partial charge in [-0.25, -0.2) is 0 Å². The molecule has 134 valence electrons. The van der Waals surface area contributed by atoms with Gasteiger partial charge in [-0.3, -0.25) is 4.79 Å². The molecule has 0 aromatic carbocycles. The molecule has 5 unspecified atom stereocenters. The highest BCUT2D eigenvalue weighted by atomic mass is 16.3. The zero-order valence-corrected chi connectivity index (χ0v) is 15.3. The Balaban J connectivity index is 1.48. The average molecular weight is 331 g/mol. The summed E-state index contributed by atoms with van der Waals surface area (Å²) in [5, 5.41) is 10.2. The van der Waals surface area contributed by atoms with E-state index in [-0.39, 0.29) is 11.5 Å². The van der Waals surface area contributed by atoms with Gasteiger partial charge in [-0.2, -0.15) is 0 Å². The zero-order chi connectivity index (χ0) is 16.5. The van der Waals surface area contributed by atoms with E-state index in [4.69, 9.17) is 0 Å². The number of aliphatic hydroxyl groups excluding tert-OH is 1. The SMILES string of the molecule is C[C@]12CC[C@@H](O)C[C@H]1CCC1C3CCC4CCCC(=O)C43CCC12. The molecule has 5 saturated carbocycles. The van der Waals surface area contributed by atoms with Gasteiger partial charge in [0.2, 0.25) is 0 Å². The molecule has 0 saturated heterocycles. The molecule has 0 aromatic rings. The summed E-state index contributed by atoms with van der Waals surface area (Å²) in [6.07, 6.45) is 14.4. The van der Waals surface area contributed by atoms with E-state index < -0.39 is 0 Å². The normalized spacial score (nSPS) is 56.8. The number of Topliss-reactive ketones (excluding diaryl/α,β-unsaturated/α-hetero) is 1. The Morgan fingerprint density at radius 2 is 1.75 bits per heavy atom. The van der Waals surface area contributed by atoms with E-state index in [1.807, 2.05) is 0 Å². The van der Waals surface area contributed by atoms with Crippen molar-refractivity contribution < 1.29 is 9.90 Å². The first-order valence-electron chi connectivity index (χ1n) is 10.8. The maximum Gasteiger partial charge on any atom is 0.139 e. The first-order chi connectivity index (χ1) is 11.6. The second-order valence-corrected chi connectivity index (χ2v) is 10.3. The standard InChI is InChI=1S/C22H34O2/c1-21-11-9-16(23)13-15(21)5-7-17-18(21)10-12-22-14(6-8-19(17)22)3-2-4-20(22)24/h14-19,23H,2-13H2,1H3/t14?,15-,16-,17?,18?,19?,21+,22?/m1/s1. The molecule has 2 nitrogen and oxygen atoms in total. The van der Waals surface area contributed by atoms with Crippen molar-refractivity contribution in [3.63, 3.8) is 0 Å². The summed E-state index contributed by atoms with van der Waals surface area (Å²) in [6.45, 7) is 2.55. The third-order valence-electron chi connectivity index (χ3n) is 9.80. The topological polar surface area (TPSA) is 37.3 Å². The van der Waals surface area contributed by atoms with Gasteiger partial charge in [0.15, 0.2) is 0 Å². The molecule has 0 bridgehead atoms. The maximum absolute atomic E-state index is 13.1. The van der Waals surface area contributed by atoms with Crippen molar-refractivity contribution in [3.8, 4) is 0 Å². The smallest absolute Gasteiger partial charge is 0.139 e. The fourth-order valence-electron chi connectivity index (χ4n) is 8.74. The highest BCUT2D eigenvalue weighted by Crippen LogP contribution is 2.69. The predicted octanol–water partition coefficient (Wildman–Crippen LogP) is 4.74. The molecule has 0 heterocycles. The first-order valence-corrected chi connectivity index (χ1v) is 10.8. The van der Waals surface area contributed by atoms with E-state index in [1.165, 1.54) is 51.4 Å². The summed E-state index contributed by atoms with van der Waals surface area (Å²) in [7, 11) is 0. The number of aliphatic hydroxyl groups is 1. The van der Waals surface area contributed by atoms with Gasteiger partial charge in [-0.1, -0.05) is 6.92 Å². The lowest BCUT2D eigenvalue weighted by Crippen LogP contribution is -2.57. The van der Waals surface area contributed by atoms with Gasteiger partial charge in [0.25, 0.3) is 0 Å². The molecule has 1 N–H and O–H groups in total. The second kappa shape index (κ2) is 5.32. The molecule has 2 heteroatoms. The molecule has 0 radical (unpaired) electrons. The van der Waals surface area contributed by atoms with E-state index in [0.29, 0.717) is 17.1 Å². The molecule has 5 aliphatic carbocycles. The summed E-state index contributed by atoms with van der Waals surface area (Å²) in [5.74, 6) is 4.46. The number of rotatable bonds is 0. The molecule has 5 fully saturated rings. The molecular formula is C22H34O2. The molecule has 0 amide bonds. The molecule has 8 atom stereocenters. The van der Waals surface area contributed by atoms with Gasteiger partial charge >= 0.3 is 0 Å². The highest BCUT2D eigenvalue weighted by Gasteiger charge is 2.64. The summed E-state index contributed by atoms with van der Waals surface area (Å²) >= 11 is 0. The van der Waals surface area contributed by atoms with Crippen molar-refractivity contribution in [2.24, 2.45) is 40.4 Å². The lowest BCUT2D eigenvalue weighted by atomic mass is 9.43. The van der Waals surface area contributed by atoms with Crippen LogP contribution in [-0.4, -0.2) is 17.0 Å². The van der Waals surface area contributed by atoms with Crippen molar-refractivity contribution in [3.05, 3.63) is 0 Å². The van der Waals surface area contributed by atoms with E-state index in [2.05, 4.69) is 6.92 Å². The van der Waals surface area contributed by atoms with Crippen LogP contribution in [0.15, 0.2) is 0 Å². The van der Waals surface area contributed by atoms with Crippen molar-refractivity contribution in [1.82, 2.24) is 0 Å². The molecule has 5 rings (SSSR count). The summed E-state index contributed by atoms with van der Waals surface area (Å²) in [4.78, 5) is 13.1. The first kappa shape index (κ1) is 15.9. The molecular weight excluding hydrogens is 296 g/mol. The van der Waals surface area contributed by atoms with Gasteiger partial charge < -0.3 is 5.11 Å². The van der Waals surface area contributed by atoms with Gasteiger partial charge in [0, 0.05) is 11.8 Å². The second-order valence-electron chi connectivity index (χ2n) is 10.3. The fraction of sp³-hybridized carbons (Fsp3) is 0.955. The number of hydrogen-bond acceptors (Lipinski definition) is 2. The minimum absolute atomic E-state index is 0.0506. The average Bonchev–Trinajstić information content (AvgIpc) is 2.97. The maximum atomic E-state index is 13.1. The molecule has 24 heavy (non-hydrogen) atoms. The minimum atomic E-state index is -0.0506. The zero-order valence-electron chi connectivity index (χ0n) is 15.3. The number of carbonyl (C=O) groups excluding carboxylic acids is 1. The van der Waals surface area contributed by atoms with Gasteiger partial charge in [0.1, 0.15) is 5.78 Å². The largest absolute Gasteiger partial charge is 0.393 e. The van der Waals surface area contributed by atoms with E-state index in [9.17, 15) is 9.90 Å². The Labute approximate surface area is 146 Å². The van der Waals surface area contributed by atoms with Crippen molar-refractivity contribution in [2.75, 3.05) is 0 Å². The third-order valence-corrected chi connectivity index (χ3v) is 9.80. The summed E-state index contributed by atoms with van der Waals surface area (Å²) in [5.41, 5.74) is 0.552. The number of fused-ring (bicyclic) bond motifs is 4. The van der Waals surface area contributed by atoms with Crippen LogP contribution in [0.2, 0.25) is 0 Å². The van der Waals surface area contributed by atoms with Crippen LogP contribution in [0.3, 0.4) is 0 Å². The van der Waals surface area contributed by atoms with Crippen LogP contribution in [0, 0.1) is 40.4 Å². The van der Waals surface area contributed by atoms with Gasteiger partial charge in [-0.05, 0) is 106 Å². The predicted molar refractivity (Wildman–Crippen MR) is 94.4 cm³/mol. The summed E-state index contributed by atoms with van der Waals surface area (Å²) in [6, 6.07) is 0.